The molecule has 0 N–H and O–H groups in total. The van der Waals surface area contributed by atoms with Crippen molar-refractivity contribution in [1.82, 2.24) is 0 Å². The molecule has 0 radical (unpaired) electrons. The summed E-state index contributed by atoms with van der Waals surface area (Å²) in [6.07, 6.45) is 9.13. The summed E-state index contributed by atoms with van der Waals surface area (Å²) in [6, 6.07) is 0. The number of hydrogen-bond acceptors (Lipinski definition) is 0. The van der Waals surface area contributed by atoms with Gasteiger partial charge in [0, 0.05) is 0 Å². The molecule has 0 atom stereocenters. The Labute approximate surface area is 64.9 Å². The minimum absolute atomic E-state index is 0.210. The number of rotatable bonds is 2. The van der Waals surface area contributed by atoms with Gasteiger partial charge in [-0.15, -0.1) is 0 Å². The van der Waals surface area contributed by atoms with E-state index in [-0.39, 0.29) is 17.4 Å². The van der Waals surface area contributed by atoms with E-state index in [0.29, 0.717) is 0 Å². The van der Waals surface area contributed by atoms with Crippen LogP contribution in [0.4, 0.5) is 0 Å². The van der Waals surface area contributed by atoms with Gasteiger partial charge in [-0.25, -0.2) is 0 Å². The van der Waals surface area contributed by atoms with E-state index in [4.69, 9.17) is 9.53 Å². The summed E-state index contributed by atoms with van der Waals surface area (Å²) in [5.41, 5.74) is 0. The Morgan fingerprint density at radius 3 is 1.25 bits per heavy atom. The Hall–Kier alpha value is 1.65. The Morgan fingerprint density at radius 1 is 1.00 bits per heavy atom. The Bertz CT molecular complexity index is 59.1. The molecule has 0 aliphatic carbocycles. The second-order valence-electron chi connectivity index (χ2n) is 1.63. The summed E-state index contributed by atoms with van der Waals surface area (Å²) in [5, 5.41) is 0. The zero-order valence-electron chi connectivity index (χ0n) is 5.59. The van der Waals surface area contributed by atoms with Crippen molar-refractivity contribution in [3.63, 3.8) is 0 Å². The molecule has 8 heavy (non-hydrogen) atoms. The third-order valence-corrected chi connectivity index (χ3v) is 24.9. The summed E-state index contributed by atoms with van der Waals surface area (Å²) in [5.74, 6) is 0. The fourth-order valence-electron chi connectivity index (χ4n) is 0.253. The molecule has 0 aliphatic rings. The molecule has 0 amide bonds. The molecule has 0 heterocycles. The molecule has 0 aromatic carbocycles. The van der Waals surface area contributed by atoms with Crippen LogP contribution in [0.2, 0.25) is 0 Å². The van der Waals surface area contributed by atoms with Crippen molar-refractivity contribution < 1.29 is 13.2 Å². The van der Waals surface area contributed by atoms with Crippen LogP contribution in [0.15, 0.2) is 0 Å². The van der Waals surface area contributed by atoms with E-state index in [1.54, 1.807) is 0 Å². The topological polar surface area (TPSA) is 0 Å². The molecule has 59 valence electrons. The minimum atomic E-state index is -0.552. The van der Waals surface area contributed by atoms with E-state index >= 15 is 0 Å². The molecule has 0 rings (SSSR count). The van der Waals surface area contributed by atoms with Gasteiger partial charge in [-0.05, 0) is 0 Å². The van der Waals surface area contributed by atoms with Gasteiger partial charge in [-0.2, -0.15) is 0 Å². The maximum absolute atomic E-state index is 6.12. The molecule has 0 fully saturated rings. The summed E-state index contributed by atoms with van der Waals surface area (Å²) in [7, 11) is 6.54. The van der Waals surface area contributed by atoms with Crippen LogP contribution < -0.4 is 0 Å². The van der Waals surface area contributed by atoms with E-state index in [1.807, 2.05) is 0 Å². The van der Waals surface area contributed by atoms with E-state index in [9.17, 15) is 0 Å². The first-order valence-corrected chi connectivity index (χ1v) is 12.5. The van der Waals surface area contributed by atoms with Crippen LogP contribution in [0.5, 0.6) is 0 Å². The van der Waals surface area contributed by atoms with Crippen molar-refractivity contribution in [2.45, 2.75) is 0 Å². The summed E-state index contributed by atoms with van der Waals surface area (Å²) in [6.45, 7) is 0. The second-order valence-corrected chi connectivity index (χ2v) is 21.8. The third kappa shape index (κ3) is 3.63. The fourth-order valence-corrected chi connectivity index (χ4v) is 13.5. The summed E-state index contributed by atoms with van der Waals surface area (Å²) in [4.78, 5) is 0. The SMILES string of the molecule is C[SH](C)[Pd]([Cl])[SH](C)C. The van der Waals surface area contributed by atoms with Gasteiger partial charge in [-0.3, -0.25) is 0 Å². The molecule has 0 saturated carbocycles. The molecule has 0 bridgehead atoms. The summed E-state index contributed by atoms with van der Waals surface area (Å²) >= 11 is -0.552. The monoisotopic (exact) mass is 267 g/mol. The van der Waals surface area contributed by atoms with E-state index in [1.165, 1.54) is 0 Å². The van der Waals surface area contributed by atoms with Gasteiger partial charge in [-0.1, -0.05) is 0 Å². The molecule has 0 nitrogen and oxygen atoms in total. The molecule has 0 aliphatic heterocycles. The number of halogens is 1. The van der Waals surface area contributed by atoms with Crippen LogP contribution in [0, 0.1) is 0 Å². The van der Waals surface area contributed by atoms with Crippen molar-refractivity contribution in [2.75, 3.05) is 25.0 Å². The molecular formula is C4H14ClPdS2. The summed E-state index contributed by atoms with van der Waals surface area (Å²) < 4.78 is 0. The van der Waals surface area contributed by atoms with Crippen molar-refractivity contribution in [1.29, 1.82) is 0 Å². The zero-order chi connectivity index (χ0) is 6.73. The quantitative estimate of drug-likeness (QED) is 0.556. The van der Waals surface area contributed by atoms with Crippen LogP contribution in [-0.2, 0) is 13.2 Å². The zero-order valence-corrected chi connectivity index (χ0v) is 9.69. The first-order chi connectivity index (χ1) is 3.55. The van der Waals surface area contributed by atoms with E-state index < -0.39 is 13.2 Å². The second kappa shape index (κ2) is 4.47. The standard InChI is InChI=1S/2C2H6S.ClH.Pd/c2*1-3-2;;/h2*1-2H3;1H;/q;;;-1/p+1. The van der Waals surface area contributed by atoms with Crippen molar-refractivity contribution in [3.05, 3.63) is 0 Å². The molecule has 0 saturated heterocycles. The Morgan fingerprint density at radius 2 is 1.25 bits per heavy atom. The van der Waals surface area contributed by atoms with Crippen LogP contribution >= 0.6 is 27.0 Å². The van der Waals surface area contributed by atoms with Gasteiger partial charge < -0.3 is 0 Å². The Kier molecular flexibility index (Phi) is 5.39. The van der Waals surface area contributed by atoms with Gasteiger partial charge in [0.15, 0.2) is 0 Å². The molecule has 4 heteroatoms. The molecule has 0 spiro atoms. The van der Waals surface area contributed by atoms with Gasteiger partial charge in [0.25, 0.3) is 0 Å². The average molecular weight is 268 g/mol. The van der Waals surface area contributed by atoms with Crippen LogP contribution in [0.25, 0.3) is 0 Å². The molecule has 0 aromatic heterocycles. The Balaban J connectivity index is 3.46. The number of thiol groups is 2. The predicted octanol–water partition coefficient (Wildman–Crippen LogP) is 2.11. The first-order valence-electron chi connectivity index (χ1n) is 2.19. The molecule has 0 aromatic rings. The number of hydrogen-bond donors (Lipinski definition) is 2. The predicted molar refractivity (Wildman–Crippen MR) is 47.5 cm³/mol. The van der Waals surface area contributed by atoms with E-state index in [0.717, 1.165) is 0 Å². The molecule has 0 unspecified atom stereocenters. The van der Waals surface area contributed by atoms with E-state index in [2.05, 4.69) is 25.0 Å². The van der Waals surface area contributed by atoms with Crippen LogP contribution in [0.3, 0.4) is 0 Å². The normalized spacial score (nSPS) is 15.4. The molecular weight excluding hydrogens is 254 g/mol. The maximum atomic E-state index is 6.12. The van der Waals surface area contributed by atoms with Gasteiger partial charge in [0.05, 0.1) is 0 Å². The van der Waals surface area contributed by atoms with Crippen LogP contribution in [0.1, 0.15) is 0 Å². The fraction of sp³-hybridized carbons (Fsp3) is 1.00. The first kappa shape index (κ1) is 9.65. The third-order valence-electron chi connectivity index (χ3n) is 0.467. The van der Waals surface area contributed by atoms with Gasteiger partial charge in [0.1, 0.15) is 0 Å². The van der Waals surface area contributed by atoms with Crippen molar-refractivity contribution >= 4 is 27.0 Å². The van der Waals surface area contributed by atoms with Gasteiger partial charge >= 0.3 is 65.2 Å². The van der Waals surface area contributed by atoms with Crippen molar-refractivity contribution in [2.24, 2.45) is 0 Å². The van der Waals surface area contributed by atoms with Crippen molar-refractivity contribution in [3.8, 4) is 0 Å². The van der Waals surface area contributed by atoms with Gasteiger partial charge in [0.2, 0.25) is 0 Å². The van der Waals surface area contributed by atoms with Crippen LogP contribution in [-0.4, -0.2) is 25.0 Å². The average Bonchev–Trinajstić information content (AvgIpc) is 1.64.